The van der Waals surface area contributed by atoms with Gasteiger partial charge < -0.3 is 11.1 Å². The van der Waals surface area contributed by atoms with Crippen molar-refractivity contribution in [1.82, 2.24) is 9.97 Å². The Balaban J connectivity index is 2.10. The quantitative estimate of drug-likeness (QED) is 0.647. The molecular formula is C11H14Cl2N4O. The highest BCUT2D eigenvalue weighted by molar-refractivity contribution is 6.32. The number of carbonyl (C=O) groups excluding carboxylic acids is 1. The lowest BCUT2D eigenvalue weighted by atomic mass is 9.82. The average molecular weight is 289 g/mol. The fourth-order valence-corrected chi connectivity index (χ4v) is 2.51. The Kier molecular flexibility index (Phi) is 4.04. The van der Waals surface area contributed by atoms with Crippen LogP contribution in [0.25, 0.3) is 0 Å². The minimum absolute atomic E-state index is 0.00693. The minimum atomic E-state index is -0.817. The molecule has 1 aliphatic carbocycles. The van der Waals surface area contributed by atoms with Crippen LogP contribution in [0.5, 0.6) is 0 Å². The van der Waals surface area contributed by atoms with E-state index < -0.39 is 5.54 Å². The van der Waals surface area contributed by atoms with Crippen LogP contribution in [0.1, 0.15) is 32.1 Å². The topological polar surface area (TPSA) is 80.9 Å². The van der Waals surface area contributed by atoms with Gasteiger partial charge in [0, 0.05) is 6.07 Å². The predicted molar refractivity (Wildman–Crippen MR) is 70.7 cm³/mol. The highest BCUT2D eigenvalue weighted by Gasteiger charge is 2.35. The molecule has 5 nitrogen and oxygen atoms in total. The van der Waals surface area contributed by atoms with Crippen LogP contribution in [-0.4, -0.2) is 21.4 Å². The molecule has 2 rings (SSSR count). The molecule has 0 saturated heterocycles. The van der Waals surface area contributed by atoms with Gasteiger partial charge in [-0.05, 0) is 24.4 Å². The van der Waals surface area contributed by atoms with Gasteiger partial charge in [0.25, 0.3) is 0 Å². The van der Waals surface area contributed by atoms with Gasteiger partial charge in [0.2, 0.25) is 11.2 Å². The van der Waals surface area contributed by atoms with Gasteiger partial charge >= 0.3 is 0 Å². The molecule has 0 bridgehead atoms. The van der Waals surface area contributed by atoms with E-state index in [1.54, 1.807) is 0 Å². The first-order valence-electron chi connectivity index (χ1n) is 5.80. The van der Waals surface area contributed by atoms with Gasteiger partial charge in [0.15, 0.2) is 0 Å². The molecule has 0 radical (unpaired) electrons. The van der Waals surface area contributed by atoms with E-state index in [-0.39, 0.29) is 22.2 Å². The van der Waals surface area contributed by atoms with Crippen molar-refractivity contribution in [2.75, 3.05) is 5.32 Å². The number of hydrogen-bond acceptors (Lipinski definition) is 4. The summed E-state index contributed by atoms with van der Waals surface area (Å²) in [7, 11) is 0. The van der Waals surface area contributed by atoms with Crippen LogP contribution in [-0.2, 0) is 4.79 Å². The van der Waals surface area contributed by atoms with Gasteiger partial charge in [-0.15, -0.1) is 0 Å². The molecule has 1 aromatic rings. The van der Waals surface area contributed by atoms with Crippen molar-refractivity contribution in [3.63, 3.8) is 0 Å². The maximum Gasteiger partial charge on any atom is 0.245 e. The van der Waals surface area contributed by atoms with Crippen LogP contribution >= 0.6 is 23.2 Å². The third-order valence-electron chi connectivity index (χ3n) is 3.11. The summed E-state index contributed by atoms with van der Waals surface area (Å²) in [6.07, 6.45) is 4.43. The van der Waals surface area contributed by atoms with Gasteiger partial charge in [-0.1, -0.05) is 30.9 Å². The number of rotatable bonds is 2. The third kappa shape index (κ3) is 3.10. The largest absolute Gasteiger partial charge is 0.317 e. The lowest BCUT2D eigenvalue weighted by Gasteiger charge is -2.31. The molecule has 7 heteroatoms. The monoisotopic (exact) mass is 288 g/mol. The molecule has 18 heavy (non-hydrogen) atoms. The van der Waals surface area contributed by atoms with E-state index in [4.69, 9.17) is 28.9 Å². The van der Waals surface area contributed by atoms with Gasteiger partial charge in [0.1, 0.15) is 11.0 Å². The van der Waals surface area contributed by atoms with Crippen molar-refractivity contribution in [2.45, 2.75) is 37.6 Å². The van der Waals surface area contributed by atoms with Gasteiger partial charge in [-0.25, -0.2) is 9.97 Å². The van der Waals surface area contributed by atoms with Crippen LogP contribution in [0.4, 0.5) is 5.82 Å². The van der Waals surface area contributed by atoms with Crippen molar-refractivity contribution in [1.29, 1.82) is 0 Å². The molecule has 3 N–H and O–H groups in total. The lowest BCUT2D eigenvalue weighted by Crippen LogP contribution is -2.52. The molecule has 0 atom stereocenters. The van der Waals surface area contributed by atoms with Crippen LogP contribution in [0.3, 0.4) is 0 Å². The van der Waals surface area contributed by atoms with Crippen molar-refractivity contribution in [2.24, 2.45) is 5.73 Å². The van der Waals surface area contributed by atoms with Crippen LogP contribution < -0.4 is 11.1 Å². The summed E-state index contributed by atoms with van der Waals surface area (Å²) < 4.78 is 0. The number of nitrogens with two attached hydrogens (primary N) is 1. The molecule has 1 aromatic heterocycles. The molecule has 1 saturated carbocycles. The van der Waals surface area contributed by atoms with Crippen molar-refractivity contribution >= 4 is 34.9 Å². The Morgan fingerprint density at radius 2 is 1.94 bits per heavy atom. The molecule has 1 fully saturated rings. The summed E-state index contributed by atoms with van der Waals surface area (Å²) in [5.74, 6) is 0.0356. The first-order valence-corrected chi connectivity index (χ1v) is 6.56. The molecule has 1 aliphatic rings. The standard InChI is InChI=1S/C11H14Cl2N4O/c12-7-6-8(17-10(13)15-7)16-9(18)11(14)4-2-1-3-5-11/h6H,1-5,14H2,(H,15,16,17,18). The number of amides is 1. The van der Waals surface area contributed by atoms with Crippen LogP contribution in [0, 0.1) is 0 Å². The summed E-state index contributed by atoms with van der Waals surface area (Å²) in [4.78, 5) is 19.7. The van der Waals surface area contributed by atoms with Crippen LogP contribution in [0.2, 0.25) is 10.4 Å². The molecule has 0 aromatic carbocycles. The highest BCUT2D eigenvalue weighted by Crippen LogP contribution is 2.27. The maximum atomic E-state index is 12.1. The van der Waals surface area contributed by atoms with E-state index in [0.29, 0.717) is 12.8 Å². The average Bonchev–Trinajstić information content (AvgIpc) is 2.28. The molecule has 1 amide bonds. The summed E-state index contributed by atoms with van der Waals surface area (Å²) in [5, 5.41) is 2.82. The number of nitrogens with zero attached hydrogens (tertiary/aromatic N) is 2. The van der Waals surface area contributed by atoms with E-state index in [0.717, 1.165) is 19.3 Å². The number of halogens is 2. The van der Waals surface area contributed by atoms with E-state index >= 15 is 0 Å². The Morgan fingerprint density at radius 1 is 1.28 bits per heavy atom. The van der Waals surface area contributed by atoms with E-state index in [1.165, 1.54) is 6.07 Å². The smallest absolute Gasteiger partial charge is 0.245 e. The molecular weight excluding hydrogens is 275 g/mol. The molecule has 0 spiro atoms. The Bertz CT molecular complexity index is 440. The van der Waals surface area contributed by atoms with Gasteiger partial charge in [-0.2, -0.15) is 0 Å². The number of nitrogens with one attached hydrogen (secondary N) is 1. The van der Waals surface area contributed by atoms with E-state index in [9.17, 15) is 4.79 Å². The predicted octanol–water partition coefficient (Wildman–Crippen LogP) is 2.38. The first kappa shape index (κ1) is 13.5. The molecule has 1 heterocycles. The zero-order valence-corrected chi connectivity index (χ0v) is 11.3. The van der Waals surface area contributed by atoms with Crippen molar-refractivity contribution in [3.8, 4) is 0 Å². The first-order chi connectivity index (χ1) is 8.49. The normalized spacial score (nSPS) is 18.4. The second-order valence-electron chi connectivity index (χ2n) is 4.52. The molecule has 0 unspecified atom stereocenters. The van der Waals surface area contributed by atoms with Gasteiger partial charge in [0.05, 0.1) is 5.54 Å². The number of aromatic nitrogens is 2. The number of anilines is 1. The maximum absolute atomic E-state index is 12.1. The zero-order valence-electron chi connectivity index (χ0n) is 9.75. The van der Waals surface area contributed by atoms with E-state index in [2.05, 4.69) is 15.3 Å². The molecule has 0 aliphatic heterocycles. The fourth-order valence-electron chi connectivity index (χ4n) is 2.10. The lowest BCUT2D eigenvalue weighted by molar-refractivity contribution is -0.122. The molecule has 98 valence electrons. The Labute approximate surface area is 115 Å². The second-order valence-corrected chi connectivity index (χ2v) is 5.24. The minimum Gasteiger partial charge on any atom is -0.317 e. The zero-order chi connectivity index (χ0) is 13.2. The van der Waals surface area contributed by atoms with Crippen molar-refractivity contribution in [3.05, 3.63) is 16.5 Å². The number of hydrogen-bond donors (Lipinski definition) is 2. The third-order valence-corrected chi connectivity index (χ3v) is 3.47. The number of carbonyl (C=O) groups is 1. The van der Waals surface area contributed by atoms with Crippen LogP contribution in [0.15, 0.2) is 6.07 Å². The van der Waals surface area contributed by atoms with Crippen molar-refractivity contribution < 1.29 is 4.79 Å². The summed E-state index contributed by atoms with van der Waals surface area (Å²) in [6, 6.07) is 1.44. The van der Waals surface area contributed by atoms with E-state index in [1.807, 2.05) is 0 Å². The second kappa shape index (κ2) is 5.38. The summed E-state index contributed by atoms with van der Waals surface area (Å²) >= 11 is 11.4. The SMILES string of the molecule is NC1(C(=O)Nc2cc(Cl)nc(Cl)n2)CCCCC1. The fraction of sp³-hybridized carbons (Fsp3) is 0.545. The Morgan fingerprint density at radius 3 is 2.56 bits per heavy atom. The Hall–Kier alpha value is -0.910. The summed E-state index contributed by atoms with van der Waals surface area (Å²) in [5.41, 5.74) is 5.29. The van der Waals surface area contributed by atoms with Gasteiger partial charge in [-0.3, -0.25) is 4.79 Å². The highest BCUT2D eigenvalue weighted by atomic mass is 35.5. The summed E-state index contributed by atoms with van der Waals surface area (Å²) in [6.45, 7) is 0.